The average Bonchev–Trinajstić information content (AvgIpc) is 3.09. The molecule has 0 unspecified atom stereocenters. The number of anilines is 1. The Hall–Kier alpha value is -3.02. The number of rotatable bonds is 5. The van der Waals surface area contributed by atoms with Crippen molar-refractivity contribution in [1.82, 2.24) is 15.6 Å². The minimum Gasteiger partial charge on any atom is -0.459 e. The van der Waals surface area contributed by atoms with E-state index in [0.29, 0.717) is 12.6 Å². The summed E-state index contributed by atoms with van der Waals surface area (Å²) >= 11 is 0. The first-order valence-corrected chi connectivity index (χ1v) is 10.8. The summed E-state index contributed by atoms with van der Waals surface area (Å²) < 4.78 is 6.01. The number of benzene rings is 1. The Labute approximate surface area is 178 Å². The first-order chi connectivity index (χ1) is 14.6. The van der Waals surface area contributed by atoms with Crippen molar-refractivity contribution in [2.24, 2.45) is 4.99 Å². The number of nitrogens with one attached hydrogen (secondary N) is 2. The van der Waals surface area contributed by atoms with Gasteiger partial charge in [0.25, 0.3) is 0 Å². The van der Waals surface area contributed by atoms with Crippen molar-refractivity contribution in [1.29, 1.82) is 0 Å². The average molecular weight is 406 g/mol. The summed E-state index contributed by atoms with van der Waals surface area (Å²) in [6, 6.07) is 12.8. The first-order valence-electron chi connectivity index (χ1n) is 10.8. The monoisotopic (exact) mass is 405 g/mol. The van der Waals surface area contributed by atoms with Gasteiger partial charge in [-0.25, -0.2) is 9.98 Å². The number of hydrogen-bond donors (Lipinski definition) is 2. The molecule has 2 N–H and O–H groups in total. The maximum absolute atomic E-state index is 6.01. The summed E-state index contributed by atoms with van der Waals surface area (Å²) in [5, 5.41) is 8.15. The highest BCUT2D eigenvalue weighted by Crippen LogP contribution is 2.25. The number of fused-ring (bicyclic) bond motifs is 1. The lowest BCUT2D eigenvalue weighted by Crippen LogP contribution is -2.48. The zero-order valence-corrected chi connectivity index (χ0v) is 18.1. The molecule has 3 heterocycles. The van der Waals surface area contributed by atoms with E-state index in [1.54, 1.807) is 0 Å². The number of aliphatic imine (C=N–C) groups is 1. The Morgan fingerprint density at radius 2 is 1.97 bits per heavy atom. The molecule has 6 heteroatoms. The fourth-order valence-corrected chi connectivity index (χ4v) is 3.94. The van der Waals surface area contributed by atoms with E-state index in [2.05, 4.69) is 59.5 Å². The van der Waals surface area contributed by atoms with E-state index < -0.39 is 0 Å². The molecule has 0 saturated carbocycles. The van der Waals surface area contributed by atoms with Crippen LogP contribution in [0.25, 0.3) is 11.0 Å². The van der Waals surface area contributed by atoms with Crippen LogP contribution in [0.1, 0.15) is 36.7 Å². The van der Waals surface area contributed by atoms with Gasteiger partial charge in [0, 0.05) is 42.8 Å². The van der Waals surface area contributed by atoms with E-state index >= 15 is 0 Å². The zero-order valence-electron chi connectivity index (χ0n) is 18.1. The maximum Gasteiger partial charge on any atom is 0.191 e. The van der Waals surface area contributed by atoms with Crippen molar-refractivity contribution >= 4 is 22.7 Å². The van der Waals surface area contributed by atoms with Gasteiger partial charge < -0.3 is 20.0 Å². The molecule has 1 aliphatic rings. The van der Waals surface area contributed by atoms with Gasteiger partial charge in [0.2, 0.25) is 0 Å². The van der Waals surface area contributed by atoms with Crippen molar-refractivity contribution in [3.63, 3.8) is 0 Å². The van der Waals surface area contributed by atoms with E-state index in [9.17, 15) is 0 Å². The van der Waals surface area contributed by atoms with Crippen LogP contribution < -0.4 is 15.5 Å². The normalized spacial score (nSPS) is 15.6. The van der Waals surface area contributed by atoms with Crippen LogP contribution in [-0.4, -0.2) is 36.6 Å². The molecular formula is C24H31N5O. The van der Waals surface area contributed by atoms with E-state index in [0.717, 1.165) is 61.0 Å². The van der Waals surface area contributed by atoms with Gasteiger partial charge >= 0.3 is 0 Å². The molecule has 1 aromatic carbocycles. The molecule has 0 radical (unpaired) electrons. The van der Waals surface area contributed by atoms with Crippen molar-refractivity contribution in [3.8, 4) is 0 Å². The minimum atomic E-state index is 0.404. The highest BCUT2D eigenvalue weighted by atomic mass is 16.3. The number of para-hydroxylation sites is 1. The van der Waals surface area contributed by atoms with Crippen molar-refractivity contribution in [2.75, 3.05) is 24.5 Å². The second-order valence-corrected chi connectivity index (χ2v) is 7.94. The Morgan fingerprint density at radius 1 is 1.17 bits per heavy atom. The smallest absolute Gasteiger partial charge is 0.191 e. The molecule has 0 bridgehead atoms. The van der Waals surface area contributed by atoms with E-state index in [1.165, 1.54) is 11.1 Å². The molecule has 4 rings (SSSR count). The number of nitrogens with zero attached hydrogens (tertiary/aromatic N) is 3. The summed E-state index contributed by atoms with van der Waals surface area (Å²) in [5.74, 6) is 2.85. The molecule has 30 heavy (non-hydrogen) atoms. The van der Waals surface area contributed by atoms with Crippen LogP contribution in [0.5, 0.6) is 0 Å². The largest absolute Gasteiger partial charge is 0.459 e. The lowest BCUT2D eigenvalue weighted by Gasteiger charge is -2.33. The fraction of sp³-hybridized carbons (Fsp3) is 0.417. The predicted octanol–water partition coefficient (Wildman–Crippen LogP) is 4.17. The summed E-state index contributed by atoms with van der Waals surface area (Å²) in [7, 11) is 0. The Balaban J connectivity index is 1.37. The Morgan fingerprint density at radius 3 is 2.67 bits per heavy atom. The molecule has 0 amide bonds. The molecule has 3 aromatic rings. The number of furan rings is 1. The molecule has 0 atom stereocenters. The summed E-state index contributed by atoms with van der Waals surface area (Å²) in [4.78, 5) is 11.7. The first kappa shape index (κ1) is 20.3. The standard InChI is InChI=1S/C24H31N5O/c1-4-25-24(27-16-22-18(3)20-7-5-6-8-21(20)30-22)28-19-11-13-29(14-12-19)23-10-9-17(2)15-26-23/h5-10,15,19H,4,11-14,16H2,1-3H3,(H2,25,27,28). The minimum absolute atomic E-state index is 0.404. The third-order valence-corrected chi connectivity index (χ3v) is 5.72. The van der Waals surface area contributed by atoms with Gasteiger partial charge in [0.05, 0.1) is 0 Å². The van der Waals surface area contributed by atoms with Crippen LogP contribution in [-0.2, 0) is 6.54 Å². The fourth-order valence-electron chi connectivity index (χ4n) is 3.94. The second kappa shape index (κ2) is 9.20. The molecule has 1 fully saturated rings. The van der Waals surface area contributed by atoms with Crippen LogP contribution in [0, 0.1) is 13.8 Å². The zero-order chi connectivity index (χ0) is 20.9. The van der Waals surface area contributed by atoms with Crippen molar-refractivity contribution in [3.05, 3.63) is 59.5 Å². The molecule has 158 valence electrons. The number of pyridine rings is 1. The van der Waals surface area contributed by atoms with E-state index in [4.69, 9.17) is 9.41 Å². The topological polar surface area (TPSA) is 65.7 Å². The highest BCUT2D eigenvalue weighted by molar-refractivity contribution is 5.82. The van der Waals surface area contributed by atoms with Gasteiger partial charge in [0.15, 0.2) is 5.96 Å². The maximum atomic E-state index is 6.01. The van der Waals surface area contributed by atoms with Gasteiger partial charge in [-0.3, -0.25) is 0 Å². The summed E-state index contributed by atoms with van der Waals surface area (Å²) in [5.41, 5.74) is 3.29. The van der Waals surface area contributed by atoms with Gasteiger partial charge in [-0.1, -0.05) is 24.3 Å². The number of hydrogen-bond acceptors (Lipinski definition) is 4. The number of guanidine groups is 1. The van der Waals surface area contributed by atoms with Gasteiger partial charge in [-0.05, 0) is 51.3 Å². The van der Waals surface area contributed by atoms with Crippen LogP contribution >= 0.6 is 0 Å². The summed E-state index contributed by atoms with van der Waals surface area (Å²) in [6.07, 6.45) is 4.06. The van der Waals surface area contributed by atoms with E-state index in [-0.39, 0.29) is 0 Å². The van der Waals surface area contributed by atoms with E-state index in [1.807, 2.05) is 24.4 Å². The summed E-state index contributed by atoms with van der Waals surface area (Å²) in [6.45, 7) is 9.62. The SMILES string of the molecule is CCNC(=NCc1oc2ccccc2c1C)NC1CCN(c2ccc(C)cn2)CC1. The molecule has 6 nitrogen and oxygen atoms in total. The predicted molar refractivity (Wildman–Crippen MR) is 123 cm³/mol. The Kier molecular flexibility index (Phi) is 6.21. The molecular weight excluding hydrogens is 374 g/mol. The number of piperidine rings is 1. The molecule has 1 aliphatic heterocycles. The van der Waals surface area contributed by atoms with Gasteiger partial charge in [0.1, 0.15) is 23.7 Å². The molecule has 0 spiro atoms. The van der Waals surface area contributed by atoms with Crippen molar-refractivity contribution < 1.29 is 4.42 Å². The molecule has 1 saturated heterocycles. The highest BCUT2D eigenvalue weighted by Gasteiger charge is 2.21. The van der Waals surface area contributed by atoms with Crippen LogP contribution in [0.3, 0.4) is 0 Å². The third kappa shape index (κ3) is 4.58. The lowest BCUT2D eigenvalue weighted by atomic mass is 10.1. The van der Waals surface area contributed by atoms with Crippen LogP contribution in [0.4, 0.5) is 5.82 Å². The number of aromatic nitrogens is 1. The van der Waals surface area contributed by atoms with Crippen LogP contribution in [0.15, 0.2) is 52.0 Å². The quantitative estimate of drug-likeness (QED) is 0.493. The number of aryl methyl sites for hydroxylation is 2. The third-order valence-electron chi connectivity index (χ3n) is 5.72. The van der Waals surface area contributed by atoms with Gasteiger partial charge in [-0.15, -0.1) is 0 Å². The van der Waals surface area contributed by atoms with Gasteiger partial charge in [-0.2, -0.15) is 0 Å². The molecule has 2 aromatic heterocycles. The molecule has 0 aliphatic carbocycles. The van der Waals surface area contributed by atoms with Crippen molar-refractivity contribution in [2.45, 2.75) is 46.2 Å². The Bertz CT molecular complexity index is 1000. The second-order valence-electron chi connectivity index (χ2n) is 7.94. The lowest BCUT2D eigenvalue weighted by molar-refractivity contribution is 0.459. The van der Waals surface area contributed by atoms with Crippen LogP contribution in [0.2, 0.25) is 0 Å².